The molecule has 7 nitrogen and oxygen atoms in total. The molecule has 0 aliphatic carbocycles. The molecule has 5 aromatic rings. The van der Waals surface area contributed by atoms with Crippen LogP contribution in [0.3, 0.4) is 0 Å². The Morgan fingerprint density at radius 1 is 0.816 bits per heavy atom. The monoisotopic (exact) mass is 670 g/mol. The van der Waals surface area contributed by atoms with Crippen molar-refractivity contribution < 1.29 is 8.78 Å². The van der Waals surface area contributed by atoms with E-state index in [4.69, 9.17) is 5.73 Å². The molecule has 0 saturated heterocycles. The van der Waals surface area contributed by atoms with Crippen LogP contribution in [0.2, 0.25) is 0 Å². The van der Waals surface area contributed by atoms with Crippen molar-refractivity contribution in [2.75, 3.05) is 19.6 Å². The summed E-state index contributed by atoms with van der Waals surface area (Å²) in [4.78, 5) is 28.8. The SMILES string of the molecule is CC.CC.CCCCN(CC)CC.Cc1nc(-c2cccc(C(N)=Nc3ccccc3)c2C)c2ccc(=O)n(-c3c(F)cccc3F)c2n1. The smallest absolute Gasteiger partial charge is 0.256 e. The van der Waals surface area contributed by atoms with Gasteiger partial charge in [-0.1, -0.05) is 97.4 Å². The molecule has 3 aromatic carbocycles. The van der Waals surface area contributed by atoms with Crippen LogP contribution in [-0.2, 0) is 0 Å². The Morgan fingerprint density at radius 2 is 1.43 bits per heavy atom. The van der Waals surface area contributed by atoms with Gasteiger partial charge in [-0.3, -0.25) is 9.36 Å². The second kappa shape index (κ2) is 20.6. The summed E-state index contributed by atoms with van der Waals surface area (Å²) in [7, 11) is 0. The van der Waals surface area contributed by atoms with Crippen molar-refractivity contribution in [2.45, 2.75) is 75.2 Å². The molecule has 49 heavy (non-hydrogen) atoms. The summed E-state index contributed by atoms with van der Waals surface area (Å²) in [5.74, 6) is -1.07. The molecule has 0 radical (unpaired) electrons. The predicted molar refractivity (Wildman–Crippen MR) is 202 cm³/mol. The van der Waals surface area contributed by atoms with E-state index in [9.17, 15) is 13.6 Å². The summed E-state index contributed by atoms with van der Waals surface area (Å²) in [6.07, 6.45) is 2.66. The fraction of sp³-hybridized carbons (Fsp3) is 0.350. The minimum Gasteiger partial charge on any atom is -0.383 e. The van der Waals surface area contributed by atoms with Gasteiger partial charge in [0.05, 0.1) is 11.4 Å². The van der Waals surface area contributed by atoms with Gasteiger partial charge < -0.3 is 10.6 Å². The molecule has 2 heterocycles. The molecular weight excluding hydrogens is 618 g/mol. The van der Waals surface area contributed by atoms with E-state index < -0.39 is 22.9 Å². The first-order valence-corrected chi connectivity index (χ1v) is 17.3. The number of aliphatic imine (C=N–C) groups is 1. The third-order valence-electron chi connectivity index (χ3n) is 7.62. The van der Waals surface area contributed by atoms with Gasteiger partial charge in [0.1, 0.15) is 29.0 Å². The number of hydrogen-bond acceptors (Lipinski definition) is 5. The van der Waals surface area contributed by atoms with Gasteiger partial charge in [-0.15, -0.1) is 0 Å². The molecule has 2 N–H and O–H groups in total. The van der Waals surface area contributed by atoms with Crippen LogP contribution in [0.5, 0.6) is 0 Å². The first kappa shape index (κ1) is 40.4. The molecule has 0 aliphatic heterocycles. The Balaban J connectivity index is 0.000000553. The first-order chi connectivity index (χ1) is 23.7. The summed E-state index contributed by atoms with van der Waals surface area (Å²) in [6.45, 7) is 21.9. The van der Waals surface area contributed by atoms with Crippen LogP contribution in [0.4, 0.5) is 14.5 Å². The van der Waals surface area contributed by atoms with Gasteiger partial charge in [0, 0.05) is 22.6 Å². The van der Waals surface area contributed by atoms with E-state index >= 15 is 0 Å². The largest absolute Gasteiger partial charge is 0.383 e. The fourth-order valence-corrected chi connectivity index (χ4v) is 5.14. The molecule has 0 atom stereocenters. The van der Waals surface area contributed by atoms with Crippen LogP contribution in [0.15, 0.2) is 88.6 Å². The number of aromatic nitrogens is 3. The summed E-state index contributed by atoms with van der Waals surface area (Å²) >= 11 is 0. The van der Waals surface area contributed by atoms with Gasteiger partial charge >= 0.3 is 0 Å². The number of hydrogen-bond donors (Lipinski definition) is 1. The lowest BCUT2D eigenvalue weighted by molar-refractivity contribution is 0.299. The van der Waals surface area contributed by atoms with Crippen molar-refractivity contribution in [1.29, 1.82) is 0 Å². The first-order valence-electron chi connectivity index (χ1n) is 17.3. The number of aryl methyl sites for hydroxylation is 1. The standard InChI is InChI=1S/C28H21F2N5O.C8H19N.2C2H6/c1-16-19(10-6-11-20(16)27(31)34-18-8-4-3-5-9-18)25-21-14-15-24(36)35(28(21)33-17(2)32-25)26-22(29)12-7-13-23(26)30;1-4-7-8-9(5-2)6-3;2*1-2/h3-15H,1-2H3,(H2,31,34);4-8H2,1-3H3;2*1-2H3. The molecule has 0 amide bonds. The highest BCUT2D eigenvalue weighted by Gasteiger charge is 2.20. The van der Waals surface area contributed by atoms with Crippen molar-refractivity contribution in [3.8, 4) is 16.9 Å². The second-order valence-corrected chi connectivity index (χ2v) is 10.6. The van der Waals surface area contributed by atoms with Gasteiger partial charge in [-0.05, 0) is 75.8 Å². The zero-order valence-corrected chi connectivity index (χ0v) is 30.5. The number of nitrogens with zero attached hydrogens (tertiary/aromatic N) is 5. The van der Waals surface area contributed by atoms with Crippen LogP contribution in [0.25, 0.3) is 28.0 Å². The molecule has 0 fully saturated rings. The highest BCUT2D eigenvalue weighted by atomic mass is 19.1. The molecule has 0 unspecified atom stereocenters. The fourth-order valence-electron chi connectivity index (χ4n) is 5.14. The minimum atomic E-state index is -0.870. The number of pyridine rings is 1. The van der Waals surface area contributed by atoms with E-state index in [0.29, 0.717) is 28.3 Å². The van der Waals surface area contributed by atoms with Crippen molar-refractivity contribution >= 4 is 22.6 Å². The van der Waals surface area contributed by atoms with Crippen LogP contribution in [-0.4, -0.2) is 44.9 Å². The van der Waals surface area contributed by atoms with Crippen molar-refractivity contribution in [2.24, 2.45) is 10.7 Å². The maximum Gasteiger partial charge on any atom is 0.256 e. The number of nitrogens with two attached hydrogens (primary N) is 1. The van der Waals surface area contributed by atoms with Crippen LogP contribution in [0, 0.1) is 25.5 Å². The lowest BCUT2D eigenvalue weighted by Crippen LogP contribution is -2.23. The van der Waals surface area contributed by atoms with E-state index in [2.05, 4.69) is 40.6 Å². The lowest BCUT2D eigenvalue weighted by Gasteiger charge is -2.16. The van der Waals surface area contributed by atoms with Gasteiger partial charge in [-0.2, -0.15) is 0 Å². The number of para-hydroxylation sites is 2. The number of amidine groups is 1. The summed E-state index contributed by atoms with van der Waals surface area (Å²) in [5.41, 5.74) is 8.85. The maximum absolute atomic E-state index is 14.7. The molecule has 2 aromatic heterocycles. The highest BCUT2D eigenvalue weighted by molar-refractivity contribution is 6.03. The van der Waals surface area contributed by atoms with E-state index in [1.807, 2.05) is 83.1 Å². The second-order valence-electron chi connectivity index (χ2n) is 10.6. The molecule has 0 saturated carbocycles. The minimum absolute atomic E-state index is 0.102. The maximum atomic E-state index is 14.7. The number of halogens is 2. The van der Waals surface area contributed by atoms with Gasteiger partial charge in [-0.25, -0.2) is 23.7 Å². The zero-order valence-electron chi connectivity index (χ0n) is 30.5. The van der Waals surface area contributed by atoms with Crippen LogP contribution in [0.1, 0.15) is 78.3 Å². The molecule has 5 rings (SSSR count). The third-order valence-corrected chi connectivity index (χ3v) is 7.62. The lowest BCUT2D eigenvalue weighted by atomic mass is 9.97. The van der Waals surface area contributed by atoms with Gasteiger partial charge in [0.15, 0.2) is 5.65 Å². The zero-order chi connectivity index (χ0) is 36.5. The number of unbranched alkanes of at least 4 members (excludes halogenated alkanes) is 1. The summed E-state index contributed by atoms with van der Waals surface area (Å²) in [5, 5.41) is 0.460. The topological polar surface area (TPSA) is 89.4 Å². The number of fused-ring (bicyclic) bond motifs is 1. The Hall–Kier alpha value is -4.76. The molecule has 0 bridgehead atoms. The van der Waals surface area contributed by atoms with E-state index in [1.165, 1.54) is 44.6 Å². The van der Waals surface area contributed by atoms with Gasteiger partial charge in [0.2, 0.25) is 0 Å². The molecule has 0 aliphatic rings. The summed E-state index contributed by atoms with van der Waals surface area (Å²) < 4.78 is 30.3. The van der Waals surface area contributed by atoms with E-state index in [1.54, 1.807) is 13.0 Å². The van der Waals surface area contributed by atoms with Crippen LogP contribution >= 0.6 is 0 Å². The van der Waals surface area contributed by atoms with Crippen LogP contribution < -0.4 is 11.3 Å². The molecule has 0 spiro atoms. The molecular formula is C40H52F2N6O. The Bertz CT molecular complexity index is 1830. The van der Waals surface area contributed by atoms with E-state index in [-0.39, 0.29) is 5.65 Å². The van der Waals surface area contributed by atoms with Crippen molar-refractivity contribution in [1.82, 2.24) is 19.4 Å². The average Bonchev–Trinajstić information content (AvgIpc) is 3.12. The Kier molecular flexibility index (Phi) is 17.0. The Morgan fingerprint density at radius 3 is 2.02 bits per heavy atom. The predicted octanol–water partition coefficient (Wildman–Crippen LogP) is 9.56. The number of benzene rings is 3. The molecule has 9 heteroatoms. The normalized spacial score (nSPS) is 10.8. The molecule has 262 valence electrons. The quantitative estimate of drug-likeness (QED) is 0.125. The third kappa shape index (κ3) is 10.4. The number of rotatable bonds is 9. The van der Waals surface area contributed by atoms with Crippen molar-refractivity contribution in [3.05, 3.63) is 118 Å². The van der Waals surface area contributed by atoms with E-state index in [0.717, 1.165) is 33.5 Å². The average molecular weight is 671 g/mol. The summed E-state index contributed by atoms with van der Waals surface area (Å²) in [6, 6.07) is 21.2. The highest BCUT2D eigenvalue weighted by Crippen LogP contribution is 2.31. The van der Waals surface area contributed by atoms with Crippen molar-refractivity contribution in [3.63, 3.8) is 0 Å². The Labute approximate surface area is 290 Å². The van der Waals surface area contributed by atoms with Gasteiger partial charge in [0.25, 0.3) is 5.56 Å².